The molecule has 2 rings (SSSR count). The number of aromatic nitrogens is 2. The molecular formula is C14H20N4O2S. The molecule has 0 fully saturated rings. The van der Waals surface area contributed by atoms with Gasteiger partial charge in [0.25, 0.3) is 0 Å². The quantitative estimate of drug-likeness (QED) is 0.724. The van der Waals surface area contributed by atoms with Crippen LogP contribution in [0.4, 0.5) is 0 Å². The Balaban J connectivity index is 2.23. The van der Waals surface area contributed by atoms with E-state index in [9.17, 15) is 8.42 Å². The van der Waals surface area contributed by atoms with Crippen LogP contribution < -0.4 is 10.0 Å². The van der Waals surface area contributed by atoms with Crippen molar-refractivity contribution in [1.82, 2.24) is 20.0 Å². The van der Waals surface area contributed by atoms with Crippen LogP contribution in [0.25, 0.3) is 0 Å². The molecule has 3 N–H and O–H groups in total. The van der Waals surface area contributed by atoms with Gasteiger partial charge in [-0.1, -0.05) is 19.1 Å². The van der Waals surface area contributed by atoms with E-state index in [2.05, 4.69) is 20.0 Å². The number of hydrogen-bond donors (Lipinski definition) is 3. The number of hydrogen-bond acceptors (Lipinski definition) is 4. The van der Waals surface area contributed by atoms with Crippen molar-refractivity contribution in [3.8, 4) is 0 Å². The predicted molar refractivity (Wildman–Crippen MR) is 81.1 cm³/mol. The Labute approximate surface area is 125 Å². The van der Waals surface area contributed by atoms with E-state index in [1.807, 2.05) is 20.0 Å². The Hall–Kier alpha value is -1.70. The summed E-state index contributed by atoms with van der Waals surface area (Å²) in [5, 5.41) is 3.01. The van der Waals surface area contributed by atoms with Gasteiger partial charge in [0, 0.05) is 18.9 Å². The average Bonchev–Trinajstić information content (AvgIpc) is 2.99. The number of benzene rings is 1. The van der Waals surface area contributed by atoms with Crippen LogP contribution in [0.1, 0.15) is 30.8 Å². The zero-order chi connectivity index (χ0) is 15.3. The van der Waals surface area contributed by atoms with Crippen molar-refractivity contribution < 1.29 is 8.42 Å². The molecule has 114 valence electrons. The summed E-state index contributed by atoms with van der Waals surface area (Å²) in [6.45, 7) is 2.53. The highest BCUT2D eigenvalue weighted by Gasteiger charge is 2.21. The molecule has 0 aliphatic heterocycles. The summed E-state index contributed by atoms with van der Waals surface area (Å²) in [6.07, 6.45) is 3.91. The molecule has 0 bridgehead atoms. The zero-order valence-electron chi connectivity index (χ0n) is 12.1. The molecule has 0 aliphatic carbocycles. The minimum absolute atomic E-state index is 0.264. The molecule has 6 nitrogen and oxygen atoms in total. The normalized spacial score (nSPS) is 13.2. The number of rotatable bonds is 7. The lowest BCUT2D eigenvalue weighted by Gasteiger charge is -2.15. The molecule has 21 heavy (non-hydrogen) atoms. The SMILES string of the molecule is CCC(NS(=O)(=O)c1cccc(CNC)c1)c1ncc[nH]1. The summed E-state index contributed by atoms with van der Waals surface area (Å²) in [4.78, 5) is 7.33. The Morgan fingerprint density at radius 1 is 1.38 bits per heavy atom. The van der Waals surface area contributed by atoms with Crippen molar-refractivity contribution >= 4 is 10.0 Å². The fourth-order valence-electron chi connectivity index (χ4n) is 2.08. The van der Waals surface area contributed by atoms with Crippen LogP contribution in [-0.4, -0.2) is 25.4 Å². The van der Waals surface area contributed by atoms with Crippen LogP contribution in [0.3, 0.4) is 0 Å². The van der Waals surface area contributed by atoms with Gasteiger partial charge in [-0.2, -0.15) is 0 Å². The van der Waals surface area contributed by atoms with E-state index in [0.717, 1.165) is 5.56 Å². The number of nitrogens with one attached hydrogen (secondary N) is 3. The fraction of sp³-hybridized carbons (Fsp3) is 0.357. The molecule has 1 unspecified atom stereocenters. The van der Waals surface area contributed by atoms with E-state index in [-0.39, 0.29) is 10.9 Å². The summed E-state index contributed by atoms with van der Waals surface area (Å²) < 4.78 is 27.6. The maximum absolute atomic E-state index is 12.5. The lowest BCUT2D eigenvalue weighted by Crippen LogP contribution is -2.29. The number of H-pyrrole nitrogens is 1. The van der Waals surface area contributed by atoms with Crippen LogP contribution in [0.5, 0.6) is 0 Å². The van der Waals surface area contributed by atoms with Crippen LogP contribution in [0, 0.1) is 0 Å². The van der Waals surface area contributed by atoms with Gasteiger partial charge >= 0.3 is 0 Å². The lowest BCUT2D eigenvalue weighted by atomic mass is 10.2. The molecule has 1 aromatic heterocycles. The molecule has 1 atom stereocenters. The molecule has 0 radical (unpaired) electrons. The molecular weight excluding hydrogens is 288 g/mol. The van der Waals surface area contributed by atoms with Gasteiger partial charge in [-0.3, -0.25) is 0 Å². The largest absolute Gasteiger partial charge is 0.347 e. The summed E-state index contributed by atoms with van der Waals surface area (Å²) in [5.41, 5.74) is 0.923. The number of nitrogens with zero attached hydrogens (tertiary/aromatic N) is 1. The maximum Gasteiger partial charge on any atom is 0.241 e. The second-order valence-corrected chi connectivity index (χ2v) is 6.45. The molecule has 0 aliphatic rings. The molecule has 1 heterocycles. The second kappa shape index (κ2) is 6.84. The first kappa shape index (κ1) is 15.7. The van der Waals surface area contributed by atoms with Gasteiger partial charge < -0.3 is 10.3 Å². The lowest BCUT2D eigenvalue weighted by molar-refractivity contribution is 0.539. The predicted octanol–water partition coefficient (Wildman–Crippen LogP) is 1.56. The van der Waals surface area contributed by atoms with Crippen LogP contribution in [0.15, 0.2) is 41.6 Å². The van der Waals surface area contributed by atoms with Crippen molar-refractivity contribution in [3.63, 3.8) is 0 Å². The average molecular weight is 308 g/mol. The standard InChI is InChI=1S/C14H20N4O2S/c1-3-13(14-16-7-8-17-14)18-21(19,20)12-6-4-5-11(9-12)10-15-2/h4-9,13,15,18H,3,10H2,1-2H3,(H,16,17). The minimum Gasteiger partial charge on any atom is -0.347 e. The first-order chi connectivity index (χ1) is 10.1. The third kappa shape index (κ3) is 3.90. The van der Waals surface area contributed by atoms with Crippen LogP contribution in [0.2, 0.25) is 0 Å². The van der Waals surface area contributed by atoms with Gasteiger partial charge in [0.1, 0.15) is 5.82 Å². The Morgan fingerprint density at radius 2 is 2.19 bits per heavy atom. The van der Waals surface area contributed by atoms with Gasteiger partial charge in [0.15, 0.2) is 0 Å². The zero-order valence-corrected chi connectivity index (χ0v) is 12.9. The molecule has 1 aromatic carbocycles. The monoisotopic (exact) mass is 308 g/mol. The highest BCUT2D eigenvalue weighted by atomic mass is 32.2. The number of aromatic amines is 1. The summed E-state index contributed by atoms with van der Waals surface area (Å²) in [7, 11) is -1.75. The van der Waals surface area contributed by atoms with Gasteiger partial charge in [-0.15, -0.1) is 0 Å². The Kier molecular flexibility index (Phi) is 5.11. The number of imidazole rings is 1. The highest BCUT2D eigenvalue weighted by molar-refractivity contribution is 7.89. The number of sulfonamides is 1. The first-order valence-corrected chi connectivity index (χ1v) is 8.30. The van der Waals surface area contributed by atoms with Crippen molar-refractivity contribution in [2.75, 3.05) is 7.05 Å². The Bertz CT molecular complexity index is 668. The van der Waals surface area contributed by atoms with E-state index >= 15 is 0 Å². The Morgan fingerprint density at radius 3 is 2.81 bits per heavy atom. The molecule has 2 aromatic rings. The minimum atomic E-state index is -3.58. The van der Waals surface area contributed by atoms with Crippen molar-refractivity contribution in [2.24, 2.45) is 0 Å². The van der Waals surface area contributed by atoms with Crippen molar-refractivity contribution in [1.29, 1.82) is 0 Å². The third-order valence-corrected chi connectivity index (χ3v) is 4.61. The summed E-state index contributed by atoms with van der Waals surface area (Å²) >= 11 is 0. The molecule has 0 saturated carbocycles. The molecule has 0 saturated heterocycles. The summed E-state index contributed by atoms with van der Waals surface area (Å²) in [5.74, 6) is 0.618. The van der Waals surface area contributed by atoms with Crippen LogP contribution >= 0.6 is 0 Å². The van der Waals surface area contributed by atoms with Gasteiger partial charge in [0.2, 0.25) is 10.0 Å². The third-order valence-electron chi connectivity index (χ3n) is 3.14. The van der Waals surface area contributed by atoms with E-state index in [0.29, 0.717) is 18.8 Å². The van der Waals surface area contributed by atoms with Gasteiger partial charge in [-0.05, 0) is 31.2 Å². The van der Waals surface area contributed by atoms with Crippen molar-refractivity contribution in [2.45, 2.75) is 30.8 Å². The van der Waals surface area contributed by atoms with Gasteiger partial charge in [-0.25, -0.2) is 18.1 Å². The summed E-state index contributed by atoms with van der Waals surface area (Å²) in [6, 6.07) is 6.54. The van der Waals surface area contributed by atoms with Crippen LogP contribution in [-0.2, 0) is 16.6 Å². The molecule has 7 heteroatoms. The highest BCUT2D eigenvalue weighted by Crippen LogP contribution is 2.18. The van der Waals surface area contributed by atoms with Gasteiger partial charge in [0.05, 0.1) is 10.9 Å². The second-order valence-electron chi connectivity index (χ2n) is 4.73. The smallest absolute Gasteiger partial charge is 0.241 e. The fourth-order valence-corrected chi connectivity index (χ4v) is 3.44. The van der Waals surface area contributed by atoms with E-state index in [1.54, 1.807) is 30.6 Å². The molecule has 0 amide bonds. The van der Waals surface area contributed by atoms with E-state index in [1.165, 1.54) is 0 Å². The van der Waals surface area contributed by atoms with E-state index < -0.39 is 10.0 Å². The maximum atomic E-state index is 12.5. The topological polar surface area (TPSA) is 86.9 Å². The first-order valence-electron chi connectivity index (χ1n) is 6.82. The van der Waals surface area contributed by atoms with Crippen molar-refractivity contribution in [3.05, 3.63) is 48.0 Å². The molecule has 0 spiro atoms. The van der Waals surface area contributed by atoms with E-state index in [4.69, 9.17) is 0 Å².